The predicted octanol–water partition coefficient (Wildman–Crippen LogP) is 2.74. The summed E-state index contributed by atoms with van der Waals surface area (Å²) in [6.07, 6.45) is 12.4. The topological polar surface area (TPSA) is 59.3 Å². The molecule has 0 aliphatic heterocycles. The quantitative estimate of drug-likeness (QED) is 0.855. The lowest BCUT2D eigenvalue weighted by Crippen LogP contribution is -1.99. The van der Waals surface area contributed by atoms with Gasteiger partial charge in [-0.25, -0.2) is 4.98 Å². The Labute approximate surface area is 120 Å². The minimum atomic E-state index is 0.682. The molecule has 1 saturated carbocycles. The van der Waals surface area contributed by atoms with Crippen LogP contribution in [-0.2, 0) is 4.79 Å². The van der Waals surface area contributed by atoms with Gasteiger partial charge in [0.15, 0.2) is 5.65 Å². The molecule has 3 rings (SSSR count). The maximum atomic E-state index is 8.00. The van der Waals surface area contributed by atoms with Crippen molar-refractivity contribution in [1.82, 2.24) is 14.6 Å². The third-order valence-electron chi connectivity index (χ3n) is 2.63. The highest BCUT2D eigenvalue weighted by molar-refractivity contribution is 5.49. The maximum absolute atomic E-state index is 8.00. The van der Waals surface area contributed by atoms with E-state index in [-0.39, 0.29) is 0 Å². The highest BCUT2D eigenvalue weighted by atomic mass is 16.1. The Hall–Kier alpha value is -2.35. The van der Waals surface area contributed by atoms with E-state index in [9.17, 15) is 0 Å². The van der Waals surface area contributed by atoms with Crippen LogP contribution in [0.2, 0.25) is 0 Å². The molecule has 1 N–H and O–H groups in total. The van der Waals surface area contributed by atoms with Crippen LogP contribution in [0.3, 0.4) is 0 Å². The van der Waals surface area contributed by atoms with Gasteiger partial charge >= 0.3 is 0 Å². The molecule has 1 aliphatic rings. The Bertz CT molecular complexity index is 529. The number of carbonyl (C=O) groups is 1. The van der Waals surface area contributed by atoms with E-state index in [1.54, 1.807) is 6.20 Å². The van der Waals surface area contributed by atoms with E-state index < -0.39 is 0 Å². The summed E-state index contributed by atoms with van der Waals surface area (Å²) in [6.45, 7) is 6.00. The second-order valence-corrected chi connectivity index (χ2v) is 3.69. The van der Waals surface area contributed by atoms with Gasteiger partial charge in [0.1, 0.15) is 12.6 Å². The molecule has 1 fully saturated rings. The van der Waals surface area contributed by atoms with Crippen LogP contribution in [0, 0.1) is 12.8 Å². The summed E-state index contributed by atoms with van der Waals surface area (Å²) in [6, 6.07) is 4.01. The SMILES string of the molecule is C#C.C=O.CC.CNc1ccnc2cc(C3CC3)nn12. The monoisotopic (exact) mass is 274 g/mol. The maximum Gasteiger partial charge on any atom is 0.157 e. The van der Waals surface area contributed by atoms with Crippen molar-refractivity contribution < 1.29 is 4.79 Å². The molecule has 1 aliphatic carbocycles. The molecule has 0 unspecified atom stereocenters. The summed E-state index contributed by atoms with van der Waals surface area (Å²) in [4.78, 5) is 12.3. The van der Waals surface area contributed by atoms with E-state index in [1.807, 2.05) is 38.3 Å². The standard InChI is InChI=1S/C10H12N4.C2H6.C2H2.CH2O/c1-11-9-4-5-12-10-6-8(7-2-3-7)13-14(9)10;3*1-2/h4-7,11H,2-3H2,1H3;1-2H3;1-2H;1H2. The molecule has 2 heterocycles. The van der Waals surface area contributed by atoms with E-state index in [4.69, 9.17) is 4.79 Å². The van der Waals surface area contributed by atoms with Crippen molar-refractivity contribution >= 4 is 18.3 Å². The number of fused-ring (bicyclic) bond motifs is 1. The number of rotatable bonds is 2. The molecule has 0 spiro atoms. The van der Waals surface area contributed by atoms with Crippen LogP contribution >= 0.6 is 0 Å². The molecular weight excluding hydrogens is 252 g/mol. The summed E-state index contributed by atoms with van der Waals surface area (Å²) >= 11 is 0. The van der Waals surface area contributed by atoms with Gasteiger partial charge in [0, 0.05) is 25.2 Å². The molecule has 5 nitrogen and oxygen atoms in total. The van der Waals surface area contributed by atoms with Gasteiger partial charge in [-0.2, -0.15) is 9.61 Å². The number of aromatic nitrogens is 3. The summed E-state index contributed by atoms with van der Waals surface area (Å²) in [5, 5.41) is 7.64. The van der Waals surface area contributed by atoms with Crippen molar-refractivity contribution in [1.29, 1.82) is 0 Å². The van der Waals surface area contributed by atoms with Crippen LogP contribution in [0.25, 0.3) is 5.65 Å². The lowest BCUT2D eigenvalue weighted by molar-refractivity contribution is -0.0979. The van der Waals surface area contributed by atoms with Crippen molar-refractivity contribution in [3.63, 3.8) is 0 Å². The van der Waals surface area contributed by atoms with Crippen LogP contribution in [0.1, 0.15) is 38.3 Å². The number of hydrogen-bond acceptors (Lipinski definition) is 4. The Morgan fingerprint density at radius 3 is 2.45 bits per heavy atom. The van der Waals surface area contributed by atoms with Gasteiger partial charge in [0.05, 0.1) is 5.69 Å². The van der Waals surface area contributed by atoms with Gasteiger partial charge in [-0.05, 0) is 18.9 Å². The lowest BCUT2D eigenvalue weighted by atomic mass is 10.3. The zero-order valence-corrected chi connectivity index (χ0v) is 12.3. The summed E-state index contributed by atoms with van der Waals surface area (Å²) in [5.74, 6) is 1.67. The molecule has 0 amide bonds. The van der Waals surface area contributed by atoms with Gasteiger partial charge in [0.25, 0.3) is 0 Å². The first kappa shape index (κ1) is 17.6. The molecule has 5 heteroatoms. The summed E-state index contributed by atoms with van der Waals surface area (Å²) < 4.78 is 1.87. The number of anilines is 1. The van der Waals surface area contributed by atoms with Crippen LogP contribution < -0.4 is 5.32 Å². The average molecular weight is 274 g/mol. The first-order valence-corrected chi connectivity index (χ1v) is 6.53. The van der Waals surface area contributed by atoms with Crippen LogP contribution in [0.4, 0.5) is 5.82 Å². The van der Waals surface area contributed by atoms with Gasteiger partial charge in [-0.1, -0.05) is 13.8 Å². The molecule has 108 valence electrons. The van der Waals surface area contributed by atoms with Crippen molar-refractivity contribution in [2.45, 2.75) is 32.6 Å². The second kappa shape index (κ2) is 9.56. The minimum absolute atomic E-state index is 0.682. The highest BCUT2D eigenvalue weighted by Crippen LogP contribution is 2.39. The Morgan fingerprint density at radius 2 is 1.95 bits per heavy atom. The predicted molar refractivity (Wildman–Crippen MR) is 82.9 cm³/mol. The molecule has 0 atom stereocenters. The second-order valence-electron chi connectivity index (χ2n) is 3.69. The van der Waals surface area contributed by atoms with E-state index in [0.29, 0.717) is 5.92 Å². The van der Waals surface area contributed by atoms with Crippen molar-refractivity contribution in [3.8, 4) is 12.8 Å². The van der Waals surface area contributed by atoms with Crippen molar-refractivity contribution in [2.24, 2.45) is 0 Å². The van der Waals surface area contributed by atoms with Crippen LogP contribution in [-0.4, -0.2) is 28.4 Å². The van der Waals surface area contributed by atoms with E-state index in [0.717, 1.165) is 11.5 Å². The third-order valence-corrected chi connectivity index (χ3v) is 2.63. The first-order chi connectivity index (χ1) is 9.88. The zero-order chi connectivity index (χ0) is 15.5. The van der Waals surface area contributed by atoms with Crippen molar-refractivity contribution in [3.05, 3.63) is 24.0 Å². The molecule has 0 bridgehead atoms. The Kier molecular flexibility index (Phi) is 8.44. The third kappa shape index (κ3) is 4.09. The normalized spacial score (nSPS) is 11.8. The molecule has 20 heavy (non-hydrogen) atoms. The fraction of sp³-hybridized carbons (Fsp3) is 0.400. The molecular formula is C15H22N4O. The Morgan fingerprint density at radius 1 is 1.35 bits per heavy atom. The average Bonchev–Trinajstić information content (AvgIpc) is 3.31. The molecule has 2 aromatic rings. The van der Waals surface area contributed by atoms with E-state index in [1.165, 1.54) is 18.5 Å². The largest absolute Gasteiger partial charge is 0.373 e. The smallest absolute Gasteiger partial charge is 0.157 e. The minimum Gasteiger partial charge on any atom is -0.373 e. The van der Waals surface area contributed by atoms with E-state index in [2.05, 4.69) is 34.3 Å². The van der Waals surface area contributed by atoms with Gasteiger partial charge in [-0.15, -0.1) is 12.8 Å². The number of hydrogen-bond donors (Lipinski definition) is 1. The molecule has 2 aromatic heterocycles. The van der Waals surface area contributed by atoms with Gasteiger partial charge in [0.2, 0.25) is 0 Å². The Balaban J connectivity index is 0.000000538. The van der Waals surface area contributed by atoms with Crippen LogP contribution in [0.5, 0.6) is 0 Å². The zero-order valence-electron chi connectivity index (χ0n) is 12.3. The van der Waals surface area contributed by atoms with Gasteiger partial charge < -0.3 is 10.1 Å². The number of nitrogens with one attached hydrogen (secondary N) is 1. The number of terminal acetylenes is 1. The molecule has 0 aromatic carbocycles. The van der Waals surface area contributed by atoms with Gasteiger partial charge in [-0.3, -0.25) is 0 Å². The van der Waals surface area contributed by atoms with Crippen LogP contribution in [0.15, 0.2) is 18.3 Å². The highest BCUT2D eigenvalue weighted by Gasteiger charge is 2.26. The van der Waals surface area contributed by atoms with E-state index >= 15 is 0 Å². The summed E-state index contributed by atoms with van der Waals surface area (Å²) in [5.41, 5.74) is 2.11. The fourth-order valence-corrected chi connectivity index (χ4v) is 1.68. The molecule has 0 radical (unpaired) electrons. The molecule has 0 saturated heterocycles. The first-order valence-electron chi connectivity index (χ1n) is 6.53. The summed E-state index contributed by atoms with van der Waals surface area (Å²) in [7, 11) is 1.90. The fourth-order valence-electron chi connectivity index (χ4n) is 1.68. The lowest BCUT2D eigenvalue weighted by Gasteiger charge is -2.00. The number of carbonyl (C=O) groups excluding carboxylic acids is 1. The number of nitrogens with zero attached hydrogens (tertiary/aromatic N) is 3. The van der Waals surface area contributed by atoms with Crippen molar-refractivity contribution in [2.75, 3.05) is 12.4 Å².